The Balaban J connectivity index is 0.893. The van der Waals surface area contributed by atoms with Gasteiger partial charge in [0.05, 0.1) is 18.0 Å². The van der Waals surface area contributed by atoms with Gasteiger partial charge in [-0.2, -0.15) is 0 Å². The second-order valence-electron chi connectivity index (χ2n) is 21.7. The van der Waals surface area contributed by atoms with E-state index >= 15 is 0 Å². The van der Waals surface area contributed by atoms with E-state index in [0.29, 0.717) is 63.5 Å². The number of hydrogen-bond donors (Lipinski definition) is 9. The number of carbonyl (C=O) groups excluding carboxylic acids is 6. The first-order valence-corrected chi connectivity index (χ1v) is 29.3. The number of hydrogen-bond acceptors (Lipinski definition) is 17. The molecular formula is C62H63Cl2N5O18. The van der Waals surface area contributed by atoms with E-state index < -0.39 is 79.0 Å². The van der Waals surface area contributed by atoms with Gasteiger partial charge < -0.3 is 75.1 Å². The maximum atomic E-state index is 14.5. The average molecular weight is 1240 g/mol. The SMILES string of the molecule is O=C(CCCCCN1C(=O)C=CC1=O)NCCC(=O)Nc1cc(/C=C/C(=O)N2C[C@@H](CCl)c3c2cc(O[C@@H]2OC[C@@H](O)[C@H](O)[C@H]2O)c2ccccc32)ccc1/C=C/C(=O)N1C[C@@H](CCl)c2c1cc(O[C@@H]1O[C@H](C(=O)O)[C@@H](O)[C@H](O)[C@H]1O)c1ccccc21. The van der Waals surface area contributed by atoms with Gasteiger partial charge in [0.1, 0.15) is 48.1 Å². The van der Waals surface area contributed by atoms with E-state index in [9.17, 15) is 69.3 Å². The van der Waals surface area contributed by atoms with Crippen LogP contribution in [-0.4, -0.2) is 182 Å². The number of aliphatic hydroxyl groups excluding tert-OH is 6. The van der Waals surface area contributed by atoms with E-state index in [1.54, 1.807) is 66.7 Å². The first-order chi connectivity index (χ1) is 41.8. The van der Waals surface area contributed by atoms with E-state index in [-0.39, 0.29) is 104 Å². The van der Waals surface area contributed by atoms with E-state index in [1.165, 1.54) is 46.2 Å². The van der Waals surface area contributed by atoms with Crippen LogP contribution in [0.3, 0.4) is 0 Å². The van der Waals surface area contributed by atoms with Crippen LogP contribution in [0.5, 0.6) is 11.5 Å². The number of unbranched alkanes of at least 4 members (excludes halogenated alkanes) is 2. The largest absolute Gasteiger partial charge is 0.479 e. The van der Waals surface area contributed by atoms with Crippen LogP contribution < -0.4 is 29.9 Å². The van der Waals surface area contributed by atoms with Crippen molar-refractivity contribution < 1.29 is 88.3 Å². The number of amides is 6. The summed E-state index contributed by atoms with van der Waals surface area (Å²) in [7, 11) is 0. The summed E-state index contributed by atoms with van der Waals surface area (Å²) in [5, 5.41) is 80.8. The Labute approximate surface area is 507 Å². The number of alkyl halides is 2. The topological polar surface area (TPSA) is 332 Å². The monoisotopic (exact) mass is 1240 g/mol. The predicted molar refractivity (Wildman–Crippen MR) is 318 cm³/mol. The molecule has 25 heteroatoms. The van der Waals surface area contributed by atoms with Crippen molar-refractivity contribution in [1.29, 1.82) is 0 Å². The van der Waals surface area contributed by atoms with Crippen molar-refractivity contribution in [2.75, 3.05) is 59.7 Å². The lowest BCUT2D eigenvalue weighted by Gasteiger charge is -2.38. The van der Waals surface area contributed by atoms with Gasteiger partial charge in [-0.05, 0) is 64.1 Å². The standard InChI is InChI=1S/C62H63Cl2N5O18/c63-27-34-29-68(41-25-44(36-8-3-5-10-38(36)52(34)41)85-61-57(80)54(77)43(70)31-84-61)50(75)17-14-32-13-15-33(40(24-32)66-47(72)21-22-65-46(71)12-2-1-7-23-67-48(73)19-20-49(67)74)16-18-51(76)69-30-35(28-64)53-39-11-6-4-9-37(39)45(26-42(53)69)86-62-58(81)55(78)56(79)59(87-62)60(82)83/h3-6,8-11,13-20,24-26,34-35,43,54-59,61-62,70,77-81H,1-2,7,12,21-23,27-31H2,(H,65,71)(H,66,72)(H,82,83)/b17-14+,18-16+/t34-,35-,43-,54+,55+,56+,57-,58-,59+,61+,62-/m1/s1. The molecule has 5 aromatic rings. The molecule has 0 aliphatic carbocycles. The molecule has 11 atom stereocenters. The molecule has 5 aliphatic rings. The maximum Gasteiger partial charge on any atom is 0.335 e. The minimum absolute atomic E-state index is 0.0299. The molecule has 5 aromatic carbocycles. The molecule has 10 rings (SSSR count). The van der Waals surface area contributed by atoms with Gasteiger partial charge in [-0.15, -0.1) is 23.2 Å². The smallest absolute Gasteiger partial charge is 0.335 e. The lowest BCUT2D eigenvalue weighted by Crippen LogP contribution is -2.61. The van der Waals surface area contributed by atoms with Gasteiger partial charge >= 0.3 is 5.97 Å². The van der Waals surface area contributed by atoms with Crippen molar-refractivity contribution in [3.8, 4) is 11.5 Å². The summed E-state index contributed by atoms with van der Waals surface area (Å²) in [6, 6.07) is 22.3. The van der Waals surface area contributed by atoms with E-state index in [2.05, 4.69) is 10.6 Å². The Kier molecular flexibility index (Phi) is 19.4. The normalized spacial score (nSPS) is 25.2. The lowest BCUT2D eigenvalue weighted by molar-refractivity contribution is -0.270. The molecule has 5 aliphatic heterocycles. The van der Waals surface area contributed by atoms with Crippen LogP contribution in [0.4, 0.5) is 17.1 Å². The van der Waals surface area contributed by atoms with Crippen LogP contribution in [0.2, 0.25) is 0 Å². The van der Waals surface area contributed by atoms with Crippen LogP contribution in [-0.2, 0) is 43.0 Å². The third kappa shape index (κ3) is 13.2. The number of aliphatic hydroxyl groups is 6. The number of benzene rings is 5. The number of imide groups is 1. The van der Waals surface area contributed by atoms with Gasteiger partial charge in [0.15, 0.2) is 6.10 Å². The number of anilines is 3. The molecule has 9 N–H and O–H groups in total. The molecule has 0 aromatic heterocycles. The zero-order valence-corrected chi connectivity index (χ0v) is 48.0. The van der Waals surface area contributed by atoms with Crippen molar-refractivity contribution in [2.45, 2.75) is 99.2 Å². The summed E-state index contributed by atoms with van der Waals surface area (Å²) in [5.41, 5.74) is 3.36. The molecule has 0 spiro atoms. The highest BCUT2D eigenvalue weighted by molar-refractivity contribution is 6.20. The molecule has 6 amide bonds. The van der Waals surface area contributed by atoms with Crippen LogP contribution >= 0.6 is 23.2 Å². The second kappa shape index (κ2) is 27.1. The number of ether oxygens (including phenoxy) is 4. The Morgan fingerprint density at radius 3 is 1.78 bits per heavy atom. The maximum absolute atomic E-state index is 14.5. The van der Waals surface area contributed by atoms with Gasteiger partial charge in [-0.1, -0.05) is 67.1 Å². The Morgan fingerprint density at radius 1 is 0.632 bits per heavy atom. The molecule has 2 fully saturated rings. The average Bonchev–Trinajstić information content (AvgIpc) is 1.82. The molecule has 87 heavy (non-hydrogen) atoms. The number of carbonyl (C=O) groups is 7. The highest BCUT2D eigenvalue weighted by atomic mass is 35.5. The summed E-state index contributed by atoms with van der Waals surface area (Å²) in [6.45, 7) is 0.220. The number of fused-ring (bicyclic) bond motifs is 6. The van der Waals surface area contributed by atoms with Crippen molar-refractivity contribution in [2.24, 2.45) is 0 Å². The Bertz CT molecular complexity index is 3580. The highest BCUT2D eigenvalue weighted by Gasteiger charge is 2.49. The van der Waals surface area contributed by atoms with Crippen molar-refractivity contribution in [1.82, 2.24) is 10.2 Å². The zero-order chi connectivity index (χ0) is 61.8. The summed E-state index contributed by atoms with van der Waals surface area (Å²) < 4.78 is 23.2. The highest BCUT2D eigenvalue weighted by Crippen LogP contribution is 2.48. The lowest BCUT2D eigenvalue weighted by atomic mass is 9.95. The number of nitrogens with zero attached hydrogens (tertiary/aromatic N) is 3. The molecule has 0 unspecified atom stereocenters. The molecule has 0 saturated carbocycles. The minimum atomic E-state index is -1.96. The summed E-state index contributed by atoms with van der Waals surface area (Å²) in [4.78, 5) is 95.1. The Hall–Kier alpha value is -7.81. The quantitative estimate of drug-likeness (QED) is 0.0218. The summed E-state index contributed by atoms with van der Waals surface area (Å²) >= 11 is 13.1. The van der Waals surface area contributed by atoms with Crippen molar-refractivity contribution in [3.05, 3.63) is 125 Å². The van der Waals surface area contributed by atoms with Crippen LogP contribution in [0, 0.1) is 0 Å². The predicted octanol–water partition coefficient (Wildman–Crippen LogP) is 3.78. The van der Waals surface area contributed by atoms with E-state index in [1.807, 2.05) is 12.1 Å². The number of rotatable bonds is 21. The number of halogens is 2. The fourth-order valence-corrected chi connectivity index (χ4v) is 11.9. The summed E-state index contributed by atoms with van der Waals surface area (Å²) in [6.07, 6.45) is -5.63. The van der Waals surface area contributed by atoms with Crippen molar-refractivity contribution in [3.63, 3.8) is 0 Å². The molecular weight excluding hydrogens is 1170 g/mol. The van der Waals surface area contributed by atoms with Gasteiger partial charge in [0.25, 0.3) is 23.6 Å². The first-order valence-electron chi connectivity index (χ1n) is 28.2. The van der Waals surface area contributed by atoms with Crippen LogP contribution in [0.15, 0.2) is 103 Å². The fraction of sp³-hybridized carbons (Fsp3) is 0.371. The van der Waals surface area contributed by atoms with E-state index in [0.717, 1.165) is 15.8 Å². The molecule has 0 bridgehead atoms. The zero-order valence-electron chi connectivity index (χ0n) is 46.5. The summed E-state index contributed by atoms with van der Waals surface area (Å²) in [5.74, 6) is -4.28. The second-order valence-corrected chi connectivity index (χ2v) is 22.3. The molecule has 2 saturated heterocycles. The van der Waals surface area contributed by atoms with Crippen LogP contribution in [0.25, 0.3) is 33.7 Å². The molecule has 458 valence electrons. The third-order valence-corrected chi connectivity index (χ3v) is 16.7. The minimum Gasteiger partial charge on any atom is -0.479 e. The van der Waals surface area contributed by atoms with Crippen molar-refractivity contribution >= 4 is 115 Å². The third-order valence-electron chi connectivity index (χ3n) is 16.0. The molecule has 5 heterocycles. The van der Waals surface area contributed by atoms with Crippen LogP contribution in [0.1, 0.15) is 66.2 Å². The number of aliphatic carboxylic acids is 1. The fourth-order valence-electron chi connectivity index (χ4n) is 11.4. The van der Waals surface area contributed by atoms with Gasteiger partial charge in [0.2, 0.25) is 24.4 Å². The van der Waals surface area contributed by atoms with E-state index in [4.69, 9.17) is 42.1 Å². The number of carboxylic acids is 1. The first kappa shape index (κ1) is 62.2. The Morgan fingerprint density at radius 2 is 1.20 bits per heavy atom. The molecule has 0 radical (unpaired) electrons. The number of carboxylic acid groups (broad SMARTS) is 1. The number of nitrogens with one attached hydrogen (secondary N) is 2. The van der Waals surface area contributed by atoms with Gasteiger partial charge in [-0.25, -0.2) is 4.79 Å². The van der Waals surface area contributed by atoms with Gasteiger partial charge in [0, 0.05) is 116 Å². The van der Waals surface area contributed by atoms with Gasteiger partial charge in [-0.3, -0.25) is 33.7 Å². The molecule has 23 nitrogen and oxygen atoms in total.